The zero-order chi connectivity index (χ0) is 17.5. The first-order valence-electron chi connectivity index (χ1n) is 8.28. The lowest BCUT2D eigenvalue weighted by Gasteiger charge is -2.48. The molecule has 2 aromatic rings. The van der Waals surface area contributed by atoms with E-state index in [4.69, 9.17) is 4.74 Å². The highest BCUT2D eigenvalue weighted by Crippen LogP contribution is 2.49. The van der Waals surface area contributed by atoms with Crippen LogP contribution < -0.4 is 10.3 Å². The summed E-state index contributed by atoms with van der Waals surface area (Å²) in [6.07, 6.45) is 0. The van der Waals surface area contributed by atoms with E-state index in [0.717, 1.165) is 39.2 Å². The molecule has 0 radical (unpaired) electrons. The predicted molar refractivity (Wildman–Crippen MR) is 95.1 cm³/mol. The third-order valence-corrected chi connectivity index (χ3v) is 6.41. The van der Waals surface area contributed by atoms with Crippen molar-refractivity contribution in [2.45, 2.75) is 73.3 Å². The number of hydrogen-bond acceptors (Lipinski definition) is 2. The largest absolute Gasteiger partial charge is 0.484 e. The average molecular weight is 313 g/mol. The maximum Gasteiger partial charge on any atom is 0.258 e. The Morgan fingerprint density at radius 1 is 0.826 bits per heavy atom. The minimum Gasteiger partial charge on any atom is -0.484 e. The number of pyridine rings is 2. The van der Waals surface area contributed by atoms with Crippen LogP contribution >= 0.6 is 0 Å². The third kappa shape index (κ3) is 1.74. The van der Waals surface area contributed by atoms with Gasteiger partial charge < -0.3 is 4.74 Å². The molecule has 3 nitrogen and oxygen atoms in total. The highest BCUT2D eigenvalue weighted by Gasteiger charge is 2.47. The third-order valence-electron chi connectivity index (χ3n) is 6.41. The molecule has 0 fully saturated rings. The Bertz CT molecular complexity index is 914. The molecule has 0 saturated heterocycles. The smallest absolute Gasteiger partial charge is 0.258 e. The average Bonchev–Trinajstić information content (AvgIpc) is 2.45. The summed E-state index contributed by atoms with van der Waals surface area (Å²) in [7, 11) is 0. The molecule has 3 rings (SSSR count). The van der Waals surface area contributed by atoms with Crippen molar-refractivity contribution in [1.29, 1.82) is 0 Å². The number of hydrogen-bond donors (Lipinski definition) is 0. The lowest BCUT2D eigenvalue weighted by Crippen LogP contribution is -2.51. The maximum absolute atomic E-state index is 13.0. The van der Waals surface area contributed by atoms with Crippen molar-refractivity contribution in [2.24, 2.45) is 0 Å². The Hall–Kier alpha value is -1.77. The monoisotopic (exact) mass is 313 g/mol. The summed E-state index contributed by atoms with van der Waals surface area (Å²) in [6, 6.07) is 0. The molecular formula is C20H27NO2. The van der Waals surface area contributed by atoms with Crippen LogP contribution in [0.2, 0.25) is 0 Å². The molecule has 0 unspecified atom stereocenters. The lowest BCUT2D eigenvalue weighted by atomic mass is 9.68. The second kappa shape index (κ2) is 4.40. The van der Waals surface area contributed by atoms with Crippen LogP contribution in [-0.2, 0) is 5.41 Å². The standard InChI is InChI=1S/C20H27NO2/c1-10-12(3)17-16-15(19(6,7)20(8,9)23-17)11(2)13(4)18(22)21(16)14(10)5/h1-9H3. The molecule has 0 saturated carbocycles. The van der Waals surface area contributed by atoms with E-state index in [1.54, 1.807) is 0 Å². The van der Waals surface area contributed by atoms with Crippen LogP contribution in [0.3, 0.4) is 0 Å². The summed E-state index contributed by atoms with van der Waals surface area (Å²) in [5, 5.41) is 0. The van der Waals surface area contributed by atoms with Crippen molar-refractivity contribution in [2.75, 3.05) is 0 Å². The minimum absolute atomic E-state index is 0.0715. The molecule has 3 heteroatoms. The molecule has 23 heavy (non-hydrogen) atoms. The van der Waals surface area contributed by atoms with E-state index in [1.807, 2.05) is 18.2 Å². The molecule has 3 heterocycles. The van der Waals surface area contributed by atoms with Gasteiger partial charge in [0.1, 0.15) is 11.4 Å². The summed E-state index contributed by atoms with van der Waals surface area (Å²) in [5.74, 6) is 0.868. The lowest BCUT2D eigenvalue weighted by molar-refractivity contribution is 0.0286. The Kier molecular flexibility index (Phi) is 3.08. The normalized spacial score (nSPS) is 18.1. The summed E-state index contributed by atoms with van der Waals surface area (Å²) in [6.45, 7) is 18.9. The van der Waals surface area contributed by atoms with Crippen molar-refractivity contribution in [3.8, 4) is 5.75 Å². The summed E-state index contributed by atoms with van der Waals surface area (Å²) >= 11 is 0. The first-order chi connectivity index (χ1) is 10.4. The van der Waals surface area contributed by atoms with Gasteiger partial charge in [-0.25, -0.2) is 0 Å². The van der Waals surface area contributed by atoms with Gasteiger partial charge in [0.05, 0.1) is 5.52 Å². The highest BCUT2D eigenvalue weighted by molar-refractivity contribution is 5.76. The molecule has 124 valence electrons. The zero-order valence-electron chi connectivity index (χ0n) is 15.8. The van der Waals surface area contributed by atoms with Gasteiger partial charge in [-0.15, -0.1) is 0 Å². The zero-order valence-corrected chi connectivity index (χ0v) is 15.8. The Balaban J connectivity index is 2.74. The van der Waals surface area contributed by atoms with E-state index in [0.29, 0.717) is 0 Å². The van der Waals surface area contributed by atoms with Crippen LogP contribution in [0.25, 0.3) is 5.52 Å². The molecule has 0 bridgehead atoms. The predicted octanol–water partition coefficient (Wildman–Crippen LogP) is 4.29. The molecule has 0 atom stereocenters. The number of nitrogens with zero attached hydrogens (tertiary/aromatic N) is 1. The van der Waals surface area contributed by atoms with Crippen molar-refractivity contribution in [3.05, 3.63) is 43.9 Å². The van der Waals surface area contributed by atoms with Gasteiger partial charge in [0.2, 0.25) is 0 Å². The van der Waals surface area contributed by atoms with Crippen LogP contribution in [0.15, 0.2) is 4.79 Å². The Labute approximate surface area is 138 Å². The Morgan fingerprint density at radius 2 is 1.39 bits per heavy atom. The van der Waals surface area contributed by atoms with Crippen LogP contribution in [0.4, 0.5) is 0 Å². The van der Waals surface area contributed by atoms with E-state index in [9.17, 15) is 4.79 Å². The second-order valence-electron chi connectivity index (χ2n) is 8.02. The van der Waals surface area contributed by atoms with Gasteiger partial charge in [-0.2, -0.15) is 0 Å². The van der Waals surface area contributed by atoms with Gasteiger partial charge >= 0.3 is 0 Å². The summed E-state index contributed by atoms with van der Waals surface area (Å²) < 4.78 is 8.33. The van der Waals surface area contributed by atoms with Gasteiger partial charge in [0.25, 0.3) is 5.56 Å². The van der Waals surface area contributed by atoms with Crippen LogP contribution in [0.5, 0.6) is 5.75 Å². The van der Waals surface area contributed by atoms with Crippen molar-refractivity contribution in [1.82, 2.24) is 4.40 Å². The molecule has 0 aromatic carbocycles. The summed E-state index contributed by atoms with van der Waals surface area (Å²) in [4.78, 5) is 13.0. The number of aromatic nitrogens is 1. The Morgan fingerprint density at radius 3 is 1.96 bits per heavy atom. The van der Waals surface area contributed by atoms with Gasteiger partial charge in [0.15, 0.2) is 0 Å². The van der Waals surface area contributed by atoms with Crippen LogP contribution in [-0.4, -0.2) is 10.0 Å². The van der Waals surface area contributed by atoms with E-state index in [1.165, 1.54) is 5.56 Å². The van der Waals surface area contributed by atoms with Gasteiger partial charge in [-0.1, -0.05) is 13.8 Å². The van der Waals surface area contributed by atoms with Crippen molar-refractivity contribution in [3.63, 3.8) is 0 Å². The minimum atomic E-state index is -0.346. The SMILES string of the molecule is Cc1c(C)c(C)n2c(=O)c(C)c(C)c3c2c1OC(C)(C)C3(C)C. The van der Waals surface area contributed by atoms with E-state index >= 15 is 0 Å². The van der Waals surface area contributed by atoms with Crippen molar-refractivity contribution >= 4 is 5.52 Å². The first kappa shape index (κ1) is 16.1. The van der Waals surface area contributed by atoms with E-state index < -0.39 is 0 Å². The fraction of sp³-hybridized carbons (Fsp3) is 0.550. The topological polar surface area (TPSA) is 30.7 Å². The summed E-state index contributed by atoms with van der Waals surface area (Å²) in [5.41, 5.74) is 6.94. The number of ether oxygens (including phenoxy) is 1. The highest BCUT2D eigenvalue weighted by atomic mass is 16.5. The molecule has 0 aliphatic carbocycles. The fourth-order valence-electron chi connectivity index (χ4n) is 3.80. The van der Waals surface area contributed by atoms with Gasteiger partial charge in [-0.05, 0) is 70.7 Å². The van der Waals surface area contributed by atoms with Gasteiger partial charge in [-0.3, -0.25) is 9.20 Å². The molecular weight excluding hydrogens is 286 g/mol. The number of rotatable bonds is 0. The molecule has 1 aliphatic heterocycles. The van der Waals surface area contributed by atoms with Crippen LogP contribution in [0, 0.1) is 34.6 Å². The van der Waals surface area contributed by atoms with E-state index in [-0.39, 0.29) is 16.6 Å². The second-order valence-corrected chi connectivity index (χ2v) is 8.02. The quantitative estimate of drug-likeness (QED) is 0.726. The molecule has 2 aromatic heterocycles. The molecule has 0 spiro atoms. The maximum atomic E-state index is 13.0. The van der Waals surface area contributed by atoms with Crippen LogP contribution in [0.1, 0.15) is 61.2 Å². The molecule has 1 aliphatic rings. The fourth-order valence-corrected chi connectivity index (χ4v) is 3.80. The number of aryl methyl sites for hydroxylation is 1. The van der Waals surface area contributed by atoms with Gasteiger partial charge in [0, 0.05) is 16.7 Å². The molecule has 0 N–H and O–H groups in total. The van der Waals surface area contributed by atoms with Crippen molar-refractivity contribution < 1.29 is 4.74 Å². The molecule has 0 amide bonds. The first-order valence-corrected chi connectivity index (χ1v) is 8.28. The van der Waals surface area contributed by atoms with E-state index in [2.05, 4.69) is 48.5 Å².